The van der Waals surface area contributed by atoms with Crippen LogP contribution in [0.4, 0.5) is 17.1 Å². The van der Waals surface area contributed by atoms with Crippen molar-refractivity contribution in [2.45, 2.75) is 26.2 Å². The average Bonchev–Trinajstić information content (AvgIpc) is 2.64. The van der Waals surface area contributed by atoms with Gasteiger partial charge in [0.05, 0.1) is 0 Å². The lowest BCUT2D eigenvalue weighted by molar-refractivity contribution is -0.115. The van der Waals surface area contributed by atoms with E-state index < -0.39 is 0 Å². The summed E-state index contributed by atoms with van der Waals surface area (Å²) in [5, 5.41) is 6.22. The molecule has 0 aliphatic carbocycles. The van der Waals surface area contributed by atoms with Gasteiger partial charge in [0.2, 0.25) is 5.91 Å². The molecule has 0 bridgehead atoms. The van der Waals surface area contributed by atoms with Crippen LogP contribution in [0.25, 0.3) is 0 Å². The number of piperidine rings is 1. The van der Waals surface area contributed by atoms with E-state index >= 15 is 0 Å². The van der Waals surface area contributed by atoms with Crippen LogP contribution in [0.5, 0.6) is 0 Å². The molecule has 1 aliphatic heterocycles. The maximum Gasteiger partial charge on any atom is 0.226 e. The number of nitrogens with one attached hydrogen (secondary N) is 2. The molecule has 4 heteroatoms. The van der Waals surface area contributed by atoms with E-state index in [1.807, 2.05) is 30.3 Å². The molecule has 0 aromatic heterocycles. The molecule has 0 atom stereocenters. The first-order valence-electron chi connectivity index (χ1n) is 9.14. The molecule has 1 saturated heterocycles. The second kappa shape index (κ2) is 8.56. The topological polar surface area (TPSA) is 44.4 Å². The number of benzene rings is 2. The predicted octanol–water partition coefficient (Wildman–Crippen LogP) is 4.36. The minimum Gasteiger partial charge on any atom is -0.385 e. The number of hydrogen-bond donors (Lipinski definition) is 2. The molecule has 0 spiro atoms. The van der Waals surface area contributed by atoms with Gasteiger partial charge in [-0.05, 0) is 55.2 Å². The molecule has 3 rings (SSSR count). The molecule has 4 nitrogen and oxygen atoms in total. The number of anilines is 3. The Morgan fingerprint density at radius 1 is 1.00 bits per heavy atom. The Kier molecular flexibility index (Phi) is 5.94. The number of nitrogens with zero attached hydrogens (tertiary/aromatic N) is 1. The lowest BCUT2D eigenvalue weighted by atomic mass is 9.99. The fourth-order valence-corrected chi connectivity index (χ4v) is 3.12. The molecule has 1 heterocycles. The van der Waals surface area contributed by atoms with Crippen molar-refractivity contribution in [1.29, 1.82) is 0 Å². The highest BCUT2D eigenvalue weighted by Gasteiger charge is 2.15. The third kappa shape index (κ3) is 5.24. The SMILES string of the molecule is CC1CCN(c2ccc(NCCC(=O)Nc3ccccc3)cc2)CC1. The third-order valence-electron chi connectivity index (χ3n) is 4.75. The van der Waals surface area contributed by atoms with Gasteiger partial charge in [0, 0.05) is 43.1 Å². The van der Waals surface area contributed by atoms with Crippen molar-refractivity contribution < 1.29 is 4.79 Å². The van der Waals surface area contributed by atoms with Gasteiger partial charge in [-0.2, -0.15) is 0 Å². The maximum absolute atomic E-state index is 11.9. The van der Waals surface area contributed by atoms with E-state index in [9.17, 15) is 4.79 Å². The zero-order valence-corrected chi connectivity index (χ0v) is 14.9. The summed E-state index contributed by atoms with van der Waals surface area (Å²) in [7, 11) is 0. The normalized spacial score (nSPS) is 15.0. The van der Waals surface area contributed by atoms with Crippen LogP contribution < -0.4 is 15.5 Å². The van der Waals surface area contributed by atoms with Crippen LogP contribution in [-0.2, 0) is 4.79 Å². The Labute approximate surface area is 150 Å². The number of carbonyl (C=O) groups is 1. The first kappa shape index (κ1) is 17.3. The molecular formula is C21H27N3O. The summed E-state index contributed by atoms with van der Waals surface area (Å²) in [6.45, 7) is 5.25. The van der Waals surface area contributed by atoms with Crippen LogP contribution in [0.3, 0.4) is 0 Å². The summed E-state index contributed by atoms with van der Waals surface area (Å²) < 4.78 is 0. The Morgan fingerprint density at radius 3 is 2.36 bits per heavy atom. The average molecular weight is 337 g/mol. The lowest BCUT2D eigenvalue weighted by Crippen LogP contribution is -2.32. The maximum atomic E-state index is 11.9. The van der Waals surface area contributed by atoms with E-state index in [1.165, 1.54) is 18.5 Å². The number of para-hydroxylation sites is 1. The van der Waals surface area contributed by atoms with Crippen LogP contribution in [-0.4, -0.2) is 25.5 Å². The monoisotopic (exact) mass is 337 g/mol. The molecule has 2 aromatic carbocycles. The van der Waals surface area contributed by atoms with Crippen LogP contribution in [0.15, 0.2) is 54.6 Å². The van der Waals surface area contributed by atoms with Crippen LogP contribution in [0.2, 0.25) is 0 Å². The summed E-state index contributed by atoms with van der Waals surface area (Å²) in [5.74, 6) is 0.872. The highest BCUT2D eigenvalue weighted by atomic mass is 16.1. The zero-order valence-electron chi connectivity index (χ0n) is 14.9. The van der Waals surface area contributed by atoms with Crippen molar-refractivity contribution in [3.63, 3.8) is 0 Å². The Hall–Kier alpha value is -2.49. The summed E-state index contributed by atoms with van der Waals surface area (Å²) in [6.07, 6.45) is 2.99. The molecule has 25 heavy (non-hydrogen) atoms. The van der Waals surface area contributed by atoms with Gasteiger partial charge in [-0.3, -0.25) is 4.79 Å². The number of hydrogen-bond acceptors (Lipinski definition) is 3. The molecule has 132 valence electrons. The second-order valence-electron chi connectivity index (χ2n) is 6.81. The largest absolute Gasteiger partial charge is 0.385 e. The van der Waals surface area contributed by atoms with E-state index in [0.29, 0.717) is 13.0 Å². The highest BCUT2D eigenvalue weighted by molar-refractivity contribution is 5.90. The summed E-state index contributed by atoms with van der Waals surface area (Å²) in [5.41, 5.74) is 3.19. The molecule has 0 saturated carbocycles. The number of rotatable bonds is 6. The molecular weight excluding hydrogens is 310 g/mol. The molecule has 1 amide bonds. The minimum atomic E-state index is 0.0257. The molecule has 1 aliphatic rings. The first-order chi connectivity index (χ1) is 12.2. The smallest absolute Gasteiger partial charge is 0.226 e. The van der Waals surface area contributed by atoms with Gasteiger partial charge in [-0.1, -0.05) is 25.1 Å². The van der Waals surface area contributed by atoms with Crippen LogP contribution in [0.1, 0.15) is 26.2 Å². The number of amides is 1. The predicted molar refractivity (Wildman–Crippen MR) is 105 cm³/mol. The fraction of sp³-hybridized carbons (Fsp3) is 0.381. The third-order valence-corrected chi connectivity index (χ3v) is 4.75. The summed E-state index contributed by atoms with van der Waals surface area (Å²) in [6, 6.07) is 18.1. The standard InChI is InChI=1S/C21H27N3O/c1-17-12-15-24(16-13-17)20-9-7-18(8-10-20)22-14-11-21(25)23-19-5-3-2-4-6-19/h2-10,17,22H,11-16H2,1H3,(H,23,25). The van der Waals surface area contributed by atoms with E-state index in [1.54, 1.807) is 0 Å². The van der Waals surface area contributed by atoms with Crippen molar-refractivity contribution in [1.82, 2.24) is 0 Å². The van der Waals surface area contributed by atoms with Crippen molar-refractivity contribution in [3.05, 3.63) is 54.6 Å². The first-order valence-corrected chi connectivity index (χ1v) is 9.14. The zero-order chi connectivity index (χ0) is 17.5. The summed E-state index contributed by atoms with van der Waals surface area (Å²) >= 11 is 0. The van der Waals surface area contributed by atoms with E-state index in [4.69, 9.17) is 0 Å². The van der Waals surface area contributed by atoms with Gasteiger partial charge < -0.3 is 15.5 Å². The number of carbonyl (C=O) groups excluding carboxylic acids is 1. The molecule has 2 N–H and O–H groups in total. The minimum absolute atomic E-state index is 0.0257. The Bertz CT molecular complexity index is 661. The van der Waals surface area contributed by atoms with E-state index in [-0.39, 0.29) is 5.91 Å². The van der Waals surface area contributed by atoms with Crippen LogP contribution >= 0.6 is 0 Å². The van der Waals surface area contributed by atoms with Crippen molar-refractivity contribution >= 4 is 23.0 Å². The highest BCUT2D eigenvalue weighted by Crippen LogP contribution is 2.24. The molecule has 1 fully saturated rings. The molecule has 0 radical (unpaired) electrons. The van der Waals surface area contributed by atoms with Crippen molar-refractivity contribution in [2.24, 2.45) is 5.92 Å². The lowest BCUT2D eigenvalue weighted by Gasteiger charge is -2.32. The Balaban J connectivity index is 1.42. The summed E-state index contributed by atoms with van der Waals surface area (Å²) in [4.78, 5) is 14.4. The van der Waals surface area contributed by atoms with Crippen LogP contribution in [0, 0.1) is 5.92 Å². The Morgan fingerprint density at radius 2 is 1.68 bits per heavy atom. The van der Waals surface area contributed by atoms with Crippen molar-refractivity contribution in [3.8, 4) is 0 Å². The van der Waals surface area contributed by atoms with Gasteiger partial charge in [0.25, 0.3) is 0 Å². The van der Waals surface area contributed by atoms with Gasteiger partial charge >= 0.3 is 0 Å². The molecule has 2 aromatic rings. The van der Waals surface area contributed by atoms with Gasteiger partial charge in [-0.25, -0.2) is 0 Å². The van der Waals surface area contributed by atoms with E-state index in [2.05, 4.69) is 46.7 Å². The van der Waals surface area contributed by atoms with Gasteiger partial charge in [-0.15, -0.1) is 0 Å². The quantitative estimate of drug-likeness (QED) is 0.823. The van der Waals surface area contributed by atoms with Crippen molar-refractivity contribution in [2.75, 3.05) is 35.2 Å². The molecule has 0 unspecified atom stereocenters. The van der Waals surface area contributed by atoms with Gasteiger partial charge in [0.1, 0.15) is 0 Å². The van der Waals surface area contributed by atoms with Gasteiger partial charge in [0.15, 0.2) is 0 Å². The van der Waals surface area contributed by atoms with E-state index in [0.717, 1.165) is 30.4 Å². The fourth-order valence-electron chi connectivity index (χ4n) is 3.12. The second-order valence-corrected chi connectivity index (χ2v) is 6.81.